The number of ether oxygens (including phenoxy) is 1. The lowest BCUT2D eigenvalue weighted by Crippen LogP contribution is -2.08. The van der Waals surface area contributed by atoms with Gasteiger partial charge in [0.2, 0.25) is 0 Å². The first-order chi connectivity index (χ1) is 7.67. The third-order valence-electron chi connectivity index (χ3n) is 2.25. The molecule has 0 atom stereocenters. The van der Waals surface area contributed by atoms with Crippen molar-refractivity contribution < 1.29 is 9.84 Å². The quantitative estimate of drug-likeness (QED) is 0.779. The largest absolute Gasteiger partial charge is 0.494 e. The molecular formula is C13H21NO2. The Morgan fingerprint density at radius 1 is 1.38 bits per heavy atom. The molecule has 0 spiro atoms. The third kappa shape index (κ3) is 3.74. The molecule has 0 unspecified atom stereocenters. The minimum absolute atomic E-state index is 0.00648. The Hall–Kier alpha value is -1.22. The summed E-state index contributed by atoms with van der Waals surface area (Å²) in [4.78, 5) is 0. The molecule has 2 N–H and O–H groups in total. The first-order valence-electron chi connectivity index (χ1n) is 5.77. The maximum absolute atomic E-state index is 9.24. The summed E-state index contributed by atoms with van der Waals surface area (Å²) in [6.45, 7) is 7.81. The molecular weight excluding hydrogens is 202 g/mol. The molecule has 90 valence electrons. The van der Waals surface area contributed by atoms with Crippen molar-refractivity contribution in [3.05, 3.63) is 23.8 Å². The second kappa shape index (κ2) is 6.38. The molecule has 0 amide bonds. The smallest absolute Gasteiger partial charge is 0.124 e. The van der Waals surface area contributed by atoms with Gasteiger partial charge < -0.3 is 15.2 Å². The summed E-state index contributed by atoms with van der Waals surface area (Å²) in [7, 11) is 0. The van der Waals surface area contributed by atoms with E-state index in [-0.39, 0.29) is 6.61 Å². The molecule has 0 aromatic heterocycles. The van der Waals surface area contributed by atoms with Crippen LogP contribution < -0.4 is 10.1 Å². The number of rotatable bonds is 6. The number of anilines is 1. The SMILES string of the molecule is CCOc1ccc(NCC(C)C)cc1CO. The Bertz CT molecular complexity index is 324. The Labute approximate surface area is 97.4 Å². The molecule has 0 bridgehead atoms. The number of aliphatic hydroxyl groups is 1. The van der Waals surface area contributed by atoms with E-state index in [1.54, 1.807) is 0 Å². The van der Waals surface area contributed by atoms with Crippen LogP contribution in [0.3, 0.4) is 0 Å². The molecule has 0 heterocycles. The zero-order chi connectivity index (χ0) is 12.0. The van der Waals surface area contributed by atoms with Crippen LogP contribution >= 0.6 is 0 Å². The monoisotopic (exact) mass is 223 g/mol. The summed E-state index contributed by atoms with van der Waals surface area (Å²) in [6.07, 6.45) is 0. The molecule has 0 radical (unpaired) electrons. The molecule has 1 aromatic rings. The van der Waals surface area contributed by atoms with E-state index in [9.17, 15) is 5.11 Å². The molecule has 0 saturated heterocycles. The molecule has 0 saturated carbocycles. The molecule has 0 aliphatic carbocycles. The van der Waals surface area contributed by atoms with E-state index < -0.39 is 0 Å². The van der Waals surface area contributed by atoms with E-state index in [0.717, 1.165) is 23.5 Å². The fourth-order valence-corrected chi connectivity index (χ4v) is 1.43. The molecule has 0 fully saturated rings. The predicted octanol–water partition coefficient (Wildman–Crippen LogP) is 2.65. The number of nitrogens with one attached hydrogen (secondary N) is 1. The molecule has 0 aliphatic heterocycles. The minimum atomic E-state index is 0.00648. The van der Waals surface area contributed by atoms with E-state index in [4.69, 9.17) is 4.74 Å². The van der Waals surface area contributed by atoms with Crippen molar-refractivity contribution in [1.29, 1.82) is 0 Å². The van der Waals surface area contributed by atoms with E-state index in [1.807, 2.05) is 25.1 Å². The molecule has 1 rings (SSSR count). The van der Waals surface area contributed by atoms with Crippen LogP contribution in [0.25, 0.3) is 0 Å². The Morgan fingerprint density at radius 2 is 2.12 bits per heavy atom. The normalized spacial score (nSPS) is 10.6. The topological polar surface area (TPSA) is 41.5 Å². The standard InChI is InChI=1S/C13H21NO2/c1-4-16-13-6-5-12(7-11(13)9-15)14-8-10(2)3/h5-7,10,14-15H,4,8-9H2,1-3H3. The van der Waals surface area contributed by atoms with Crippen LogP contribution in [0.1, 0.15) is 26.3 Å². The average molecular weight is 223 g/mol. The van der Waals surface area contributed by atoms with Crippen LogP contribution in [-0.4, -0.2) is 18.3 Å². The Kier molecular flexibility index (Phi) is 5.12. The van der Waals surface area contributed by atoms with E-state index in [1.165, 1.54) is 0 Å². The number of hydrogen-bond acceptors (Lipinski definition) is 3. The second-order valence-electron chi connectivity index (χ2n) is 4.19. The minimum Gasteiger partial charge on any atom is -0.494 e. The zero-order valence-electron chi connectivity index (χ0n) is 10.3. The van der Waals surface area contributed by atoms with E-state index >= 15 is 0 Å². The van der Waals surface area contributed by atoms with Gasteiger partial charge in [-0.3, -0.25) is 0 Å². The van der Waals surface area contributed by atoms with Gasteiger partial charge in [0.05, 0.1) is 13.2 Å². The van der Waals surface area contributed by atoms with Crippen LogP contribution in [0.4, 0.5) is 5.69 Å². The lowest BCUT2D eigenvalue weighted by Gasteiger charge is -2.13. The summed E-state index contributed by atoms with van der Waals surface area (Å²) in [5.74, 6) is 1.37. The van der Waals surface area contributed by atoms with Crippen molar-refractivity contribution in [3.8, 4) is 5.75 Å². The van der Waals surface area contributed by atoms with Crippen molar-refractivity contribution >= 4 is 5.69 Å². The molecule has 0 aliphatic rings. The third-order valence-corrected chi connectivity index (χ3v) is 2.25. The van der Waals surface area contributed by atoms with Crippen molar-refractivity contribution in [2.24, 2.45) is 5.92 Å². The molecule has 3 nitrogen and oxygen atoms in total. The van der Waals surface area contributed by atoms with Gasteiger partial charge in [0.25, 0.3) is 0 Å². The van der Waals surface area contributed by atoms with Crippen molar-refractivity contribution in [1.82, 2.24) is 0 Å². The highest BCUT2D eigenvalue weighted by atomic mass is 16.5. The van der Waals surface area contributed by atoms with E-state index in [0.29, 0.717) is 12.5 Å². The van der Waals surface area contributed by atoms with Gasteiger partial charge in [-0.05, 0) is 31.0 Å². The van der Waals surface area contributed by atoms with Crippen molar-refractivity contribution in [3.63, 3.8) is 0 Å². The van der Waals surface area contributed by atoms with Gasteiger partial charge in [0, 0.05) is 17.8 Å². The van der Waals surface area contributed by atoms with Gasteiger partial charge in [-0.15, -0.1) is 0 Å². The van der Waals surface area contributed by atoms with Gasteiger partial charge in [0.1, 0.15) is 5.75 Å². The highest BCUT2D eigenvalue weighted by Gasteiger charge is 2.04. The van der Waals surface area contributed by atoms with Gasteiger partial charge in [-0.1, -0.05) is 13.8 Å². The fourth-order valence-electron chi connectivity index (χ4n) is 1.43. The van der Waals surface area contributed by atoms with Crippen LogP contribution in [0.15, 0.2) is 18.2 Å². The van der Waals surface area contributed by atoms with Crippen molar-refractivity contribution in [2.75, 3.05) is 18.5 Å². The lowest BCUT2D eigenvalue weighted by atomic mass is 10.1. The zero-order valence-corrected chi connectivity index (χ0v) is 10.3. The maximum Gasteiger partial charge on any atom is 0.124 e. The Balaban J connectivity index is 2.74. The summed E-state index contributed by atoms with van der Waals surface area (Å²) < 4.78 is 5.42. The van der Waals surface area contributed by atoms with Gasteiger partial charge in [-0.2, -0.15) is 0 Å². The van der Waals surface area contributed by atoms with Crippen LogP contribution in [0, 0.1) is 5.92 Å². The van der Waals surface area contributed by atoms with Crippen molar-refractivity contribution in [2.45, 2.75) is 27.4 Å². The fraction of sp³-hybridized carbons (Fsp3) is 0.538. The summed E-state index contributed by atoms with van der Waals surface area (Å²) in [6, 6.07) is 5.82. The Morgan fingerprint density at radius 3 is 2.69 bits per heavy atom. The van der Waals surface area contributed by atoms with Crippen LogP contribution in [0.2, 0.25) is 0 Å². The molecule has 3 heteroatoms. The molecule has 16 heavy (non-hydrogen) atoms. The first-order valence-corrected chi connectivity index (χ1v) is 5.77. The van der Waals surface area contributed by atoms with Gasteiger partial charge in [0.15, 0.2) is 0 Å². The predicted molar refractivity (Wildman–Crippen MR) is 66.9 cm³/mol. The first kappa shape index (κ1) is 12.8. The summed E-state index contributed by atoms with van der Waals surface area (Å²) >= 11 is 0. The summed E-state index contributed by atoms with van der Waals surface area (Å²) in [5.41, 5.74) is 1.86. The maximum atomic E-state index is 9.24. The van der Waals surface area contributed by atoms with Crippen LogP contribution in [-0.2, 0) is 6.61 Å². The molecule has 1 aromatic carbocycles. The number of hydrogen-bond donors (Lipinski definition) is 2. The van der Waals surface area contributed by atoms with Crippen LogP contribution in [0.5, 0.6) is 5.75 Å². The number of benzene rings is 1. The lowest BCUT2D eigenvalue weighted by molar-refractivity contribution is 0.267. The highest BCUT2D eigenvalue weighted by Crippen LogP contribution is 2.23. The average Bonchev–Trinajstić information content (AvgIpc) is 2.28. The van der Waals surface area contributed by atoms with E-state index in [2.05, 4.69) is 19.2 Å². The highest BCUT2D eigenvalue weighted by molar-refractivity contribution is 5.51. The van der Waals surface area contributed by atoms with Gasteiger partial charge in [-0.25, -0.2) is 0 Å². The summed E-state index contributed by atoms with van der Waals surface area (Å²) in [5, 5.41) is 12.6. The number of aliphatic hydroxyl groups excluding tert-OH is 1. The second-order valence-corrected chi connectivity index (χ2v) is 4.19. The van der Waals surface area contributed by atoms with Gasteiger partial charge >= 0.3 is 0 Å².